The van der Waals surface area contributed by atoms with Crippen molar-refractivity contribution >= 4 is 11.4 Å². The molecule has 1 unspecified atom stereocenters. The lowest BCUT2D eigenvalue weighted by Gasteiger charge is -2.35. The number of hydrogen-bond acceptors (Lipinski definition) is 4. The average Bonchev–Trinajstić information content (AvgIpc) is 2.26. The highest BCUT2D eigenvalue weighted by molar-refractivity contribution is 5.66. The van der Waals surface area contributed by atoms with Crippen LogP contribution in [0.1, 0.15) is 13.3 Å². The summed E-state index contributed by atoms with van der Waals surface area (Å²) >= 11 is 0. The Morgan fingerprint density at radius 2 is 2.38 bits per heavy atom. The highest BCUT2D eigenvalue weighted by atomic mass is 16.5. The summed E-state index contributed by atoms with van der Waals surface area (Å²) in [6, 6.07) is 5.69. The van der Waals surface area contributed by atoms with Gasteiger partial charge in [0.1, 0.15) is 11.9 Å². The molecule has 0 radical (unpaired) electrons. The van der Waals surface area contributed by atoms with E-state index >= 15 is 0 Å². The Morgan fingerprint density at radius 1 is 1.56 bits per heavy atom. The Kier molecular flexibility index (Phi) is 3.19. The van der Waals surface area contributed by atoms with E-state index < -0.39 is 0 Å². The SMILES string of the molecule is CC1CN(CCCO)c2cc(N)ccc2O1. The van der Waals surface area contributed by atoms with Gasteiger partial charge in [-0.25, -0.2) is 0 Å². The zero-order valence-electron chi connectivity index (χ0n) is 9.52. The predicted octanol–water partition coefficient (Wildman–Crippen LogP) is 1.24. The van der Waals surface area contributed by atoms with Crippen LogP contribution in [0.4, 0.5) is 11.4 Å². The van der Waals surface area contributed by atoms with Gasteiger partial charge in [0, 0.05) is 18.8 Å². The Hall–Kier alpha value is -1.42. The number of aliphatic hydroxyl groups is 1. The fourth-order valence-corrected chi connectivity index (χ4v) is 2.02. The lowest BCUT2D eigenvalue weighted by molar-refractivity contribution is 0.210. The molecule has 4 nitrogen and oxygen atoms in total. The molecule has 0 spiro atoms. The minimum absolute atomic E-state index is 0.176. The maximum atomic E-state index is 8.88. The molecule has 0 saturated carbocycles. The van der Waals surface area contributed by atoms with Crippen LogP contribution in [-0.4, -0.2) is 30.9 Å². The van der Waals surface area contributed by atoms with Gasteiger partial charge in [-0.05, 0) is 31.5 Å². The molecular weight excluding hydrogens is 204 g/mol. The van der Waals surface area contributed by atoms with Crippen molar-refractivity contribution in [3.63, 3.8) is 0 Å². The number of rotatable bonds is 3. The number of benzene rings is 1. The minimum atomic E-state index is 0.176. The molecule has 1 aromatic carbocycles. The molecule has 88 valence electrons. The number of anilines is 2. The standard InChI is InChI=1S/C12H18N2O2/c1-9-8-14(5-2-6-15)11-7-10(13)3-4-12(11)16-9/h3-4,7,9,15H,2,5-6,8,13H2,1H3. The minimum Gasteiger partial charge on any atom is -0.487 e. The van der Waals surface area contributed by atoms with E-state index in [0.717, 1.165) is 36.6 Å². The van der Waals surface area contributed by atoms with Crippen LogP contribution in [0.25, 0.3) is 0 Å². The first-order chi connectivity index (χ1) is 7.70. The predicted molar refractivity (Wildman–Crippen MR) is 64.9 cm³/mol. The van der Waals surface area contributed by atoms with Crippen LogP contribution in [-0.2, 0) is 0 Å². The molecule has 1 atom stereocenters. The number of fused-ring (bicyclic) bond motifs is 1. The van der Waals surface area contributed by atoms with Crippen molar-refractivity contribution in [3.8, 4) is 5.75 Å². The lowest BCUT2D eigenvalue weighted by Crippen LogP contribution is -2.39. The molecule has 0 fully saturated rings. The maximum absolute atomic E-state index is 8.88. The van der Waals surface area contributed by atoms with Crippen LogP contribution < -0.4 is 15.4 Å². The van der Waals surface area contributed by atoms with Gasteiger partial charge in [-0.3, -0.25) is 0 Å². The summed E-state index contributed by atoms with van der Waals surface area (Å²) in [6.45, 7) is 3.94. The summed E-state index contributed by atoms with van der Waals surface area (Å²) in [6.07, 6.45) is 0.941. The summed E-state index contributed by atoms with van der Waals surface area (Å²) in [7, 11) is 0. The molecule has 0 saturated heterocycles. The van der Waals surface area contributed by atoms with E-state index in [0.29, 0.717) is 0 Å². The molecule has 1 heterocycles. The zero-order valence-corrected chi connectivity index (χ0v) is 9.52. The number of ether oxygens (including phenoxy) is 1. The van der Waals surface area contributed by atoms with Crippen molar-refractivity contribution < 1.29 is 9.84 Å². The number of nitrogens with two attached hydrogens (primary N) is 1. The molecular formula is C12H18N2O2. The summed E-state index contributed by atoms with van der Waals surface area (Å²) in [5.74, 6) is 0.880. The molecule has 1 aromatic rings. The second-order valence-electron chi connectivity index (χ2n) is 4.18. The van der Waals surface area contributed by atoms with Gasteiger partial charge in [-0.1, -0.05) is 0 Å². The van der Waals surface area contributed by atoms with Crippen molar-refractivity contribution in [2.24, 2.45) is 0 Å². The molecule has 16 heavy (non-hydrogen) atoms. The van der Waals surface area contributed by atoms with Gasteiger partial charge in [-0.2, -0.15) is 0 Å². The zero-order chi connectivity index (χ0) is 11.5. The van der Waals surface area contributed by atoms with Gasteiger partial charge >= 0.3 is 0 Å². The van der Waals surface area contributed by atoms with Crippen LogP contribution in [0.15, 0.2) is 18.2 Å². The summed E-state index contributed by atoms with van der Waals surface area (Å²) in [5, 5.41) is 8.88. The van der Waals surface area contributed by atoms with E-state index in [1.165, 1.54) is 0 Å². The van der Waals surface area contributed by atoms with Crippen molar-refractivity contribution in [3.05, 3.63) is 18.2 Å². The number of nitrogens with zero attached hydrogens (tertiary/aromatic N) is 1. The molecule has 0 aromatic heterocycles. The fourth-order valence-electron chi connectivity index (χ4n) is 2.02. The maximum Gasteiger partial charge on any atom is 0.143 e. The first-order valence-electron chi connectivity index (χ1n) is 5.62. The highest BCUT2D eigenvalue weighted by Crippen LogP contribution is 2.34. The third-order valence-corrected chi connectivity index (χ3v) is 2.72. The van der Waals surface area contributed by atoms with Gasteiger partial charge < -0.3 is 20.5 Å². The van der Waals surface area contributed by atoms with Gasteiger partial charge in [0.15, 0.2) is 0 Å². The van der Waals surface area contributed by atoms with Gasteiger partial charge in [0.2, 0.25) is 0 Å². The van der Waals surface area contributed by atoms with E-state index in [2.05, 4.69) is 4.90 Å². The molecule has 1 aliphatic heterocycles. The quantitative estimate of drug-likeness (QED) is 0.755. The number of hydrogen-bond donors (Lipinski definition) is 2. The molecule has 2 rings (SSSR count). The summed E-state index contributed by atoms with van der Waals surface area (Å²) < 4.78 is 5.74. The Morgan fingerprint density at radius 3 is 3.12 bits per heavy atom. The van der Waals surface area contributed by atoms with E-state index in [1.54, 1.807) is 0 Å². The van der Waals surface area contributed by atoms with E-state index in [-0.39, 0.29) is 12.7 Å². The van der Waals surface area contributed by atoms with Crippen molar-refractivity contribution in [2.75, 3.05) is 30.3 Å². The largest absolute Gasteiger partial charge is 0.487 e. The van der Waals surface area contributed by atoms with Gasteiger partial charge in [-0.15, -0.1) is 0 Å². The van der Waals surface area contributed by atoms with Crippen LogP contribution in [0, 0.1) is 0 Å². The summed E-state index contributed by atoms with van der Waals surface area (Å²) in [4.78, 5) is 2.22. The van der Waals surface area contributed by atoms with Crippen LogP contribution in [0.3, 0.4) is 0 Å². The van der Waals surface area contributed by atoms with E-state index in [1.807, 2.05) is 25.1 Å². The normalized spacial score (nSPS) is 19.1. The first-order valence-corrected chi connectivity index (χ1v) is 5.62. The second kappa shape index (κ2) is 4.61. The number of nitrogen functional groups attached to an aromatic ring is 1. The first kappa shape index (κ1) is 11.1. The Balaban J connectivity index is 2.24. The average molecular weight is 222 g/mol. The molecule has 1 aliphatic rings. The van der Waals surface area contributed by atoms with Gasteiger partial charge in [0.25, 0.3) is 0 Å². The molecule has 0 amide bonds. The van der Waals surface area contributed by atoms with Crippen molar-refractivity contribution in [1.29, 1.82) is 0 Å². The van der Waals surface area contributed by atoms with Crippen LogP contribution in [0.2, 0.25) is 0 Å². The van der Waals surface area contributed by atoms with E-state index in [4.69, 9.17) is 15.6 Å². The number of aliphatic hydroxyl groups excluding tert-OH is 1. The van der Waals surface area contributed by atoms with E-state index in [9.17, 15) is 0 Å². The Bertz CT molecular complexity index is 368. The van der Waals surface area contributed by atoms with Crippen molar-refractivity contribution in [2.45, 2.75) is 19.4 Å². The van der Waals surface area contributed by atoms with Crippen LogP contribution in [0.5, 0.6) is 5.75 Å². The van der Waals surface area contributed by atoms with Gasteiger partial charge in [0.05, 0.1) is 12.2 Å². The van der Waals surface area contributed by atoms with Crippen LogP contribution >= 0.6 is 0 Å². The smallest absolute Gasteiger partial charge is 0.143 e. The molecule has 0 bridgehead atoms. The summed E-state index contributed by atoms with van der Waals surface area (Å²) in [5.41, 5.74) is 7.55. The molecule has 0 aliphatic carbocycles. The monoisotopic (exact) mass is 222 g/mol. The topological polar surface area (TPSA) is 58.7 Å². The third-order valence-electron chi connectivity index (χ3n) is 2.72. The molecule has 4 heteroatoms. The Labute approximate surface area is 95.6 Å². The highest BCUT2D eigenvalue weighted by Gasteiger charge is 2.22. The fraction of sp³-hybridized carbons (Fsp3) is 0.500. The lowest BCUT2D eigenvalue weighted by atomic mass is 10.1. The molecule has 3 N–H and O–H groups in total. The third kappa shape index (κ3) is 2.22. The second-order valence-corrected chi connectivity index (χ2v) is 4.18. The van der Waals surface area contributed by atoms with Crippen molar-refractivity contribution in [1.82, 2.24) is 0 Å².